The molecule has 6 heteroatoms. The van der Waals surface area contributed by atoms with Crippen molar-refractivity contribution in [2.75, 3.05) is 5.32 Å². The molecule has 2 aromatic rings. The molecule has 1 aromatic heterocycles. The summed E-state index contributed by atoms with van der Waals surface area (Å²) in [5, 5.41) is 2.56. The summed E-state index contributed by atoms with van der Waals surface area (Å²) in [6.45, 7) is 5.40. The second-order valence-corrected chi connectivity index (χ2v) is 6.48. The summed E-state index contributed by atoms with van der Waals surface area (Å²) in [6.07, 6.45) is 0.996. The Morgan fingerprint density at radius 1 is 1.09 bits per heavy atom. The van der Waals surface area contributed by atoms with Crippen LogP contribution in [0.5, 0.6) is 11.5 Å². The molecule has 0 aliphatic heterocycles. The molecule has 2 rings (SSSR count). The number of aromatic nitrogens is 1. The number of carbonyl (C=O) groups is 1. The summed E-state index contributed by atoms with van der Waals surface area (Å²) in [7, 11) is 0. The lowest BCUT2D eigenvalue weighted by Gasteiger charge is -2.19. The fraction of sp³-hybridized carbons (Fsp3) is 0.250. The first-order valence-electron chi connectivity index (χ1n) is 6.71. The van der Waals surface area contributed by atoms with Gasteiger partial charge in [0.2, 0.25) is 0 Å². The monoisotopic (exact) mass is 364 g/mol. The van der Waals surface area contributed by atoms with Crippen LogP contribution in [-0.2, 0) is 4.74 Å². The van der Waals surface area contributed by atoms with Gasteiger partial charge in [-0.15, -0.1) is 0 Å². The van der Waals surface area contributed by atoms with Crippen molar-refractivity contribution in [1.29, 1.82) is 0 Å². The van der Waals surface area contributed by atoms with E-state index in [1.165, 1.54) is 6.20 Å². The first kappa shape index (κ1) is 16.3. The van der Waals surface area contributed by atoms with Crippen molar-refractivity contribution in [3.63, 3.8) is 0 Å². The average Bonchev–Trinajstić information content (AvgIpc) is 2.41. The van der Waals surface area contributed by atoms with Crippen molar-refractivity contribution >= 4 is 27.8 Å². The van der Waals surface area contributed by atoms with Crippen molar-refractivity contribution in [2.45, 2.75) is 26.4 Å². The molecule has 0 fully saturated rings. The molecule has 0 atom stereocenters. The van der Waals surface area contributed by atoms with E-state index >= 15 is 0 Å². The van der Waals surface area contributed by atoms with E-state index in [2.05, 4.69) is 26.2 Å². The van der Waals surface area contributed by atoms with Gasteiger partial charge in [-0.05, 0) is 57.2 Å². The van der Waals surface area contributed by atoms with Gasteiger partial charge in [-0.3, -0.25) is 5.32 Å². The van der Waals surface area contributed by atoms with Crippen LogP contribution in [0.15, 0.2) is 47.1 Å². The molecule has 22 heavy (non-hydrogen) atoms. The van der Waals surface area contributed by atoms with Gasteiger partial charge in [0.05, 0.1) is 6.20 Å². The van der Waals surface area contributed by atoms with E-state index in [9.17, 15) is 4.79 Å². The Kier molecular flexibility index (Phi) is 5.03. The minimum absolute atomic E-state index is 0.400. The molecule has 0 radical (unpaired) electrons. The summed E-state index contributed by atoms with van der Waals surface area (Å²) in [4.78, 5) is 15.7. The summed E-state index contributed by atoms with van der Waals surface area (Å²) in [5.41, 5.74) is -0.547. The number of ether oxygens (including phenoxy) is 2. The van der Waals surface area contributed by atoms with Gasteiger partial charge >= 0.3 is 6.09 Å². The zero-order valence-corrected chi connectivity index (χ0v) is 14.2. The number of nitrogens with one attached hydrogen (secondary N) is 1. The van der Waals surface area contributed by atoms with Gasteiger partial charge in [0.1, 0.15) is 22.9 Å². The van der Waals surface area contributed by atoms with Gasteiger partial charge in [0, 0.05) is 4.47 Å². The number of amides is 1. The molecule has 1 aromatic carbocycles. The molecule has 0 unspecified atom stereocenters. The Labute approximate surface area is 137 Å². The van der Waals surface area contributed by atoms with Crippen molar-refractivity contribution in [3.8, 4) is 11.5 Å². The molecule has 1 amide bonds. The molecule has 5 nitrogen and oxygen atoms in total. The quantitative estimate of drug-likeness (QED) is 0.833. The highest BCUT2D eigenvalue weighted by atomic mass is 79.9. The lowest BCUT2D eigenvalue weighted by Crippen LogP contribution is -2.27. The second kappa shape index (κ2) is 6.79. The average molecular weight is 365 g/mol. The number of hydrogen-bond acceptors (Lipinski definition) is 4. The van der Waals surface area contributed by atoms with Crippen LogP contribution in [0.25, 0.3) is 0 Å². The molecular formula is C16H17BrN2O3. The van der Waals surface area contributed by atoms with Crippen LogP contribution >= 0.6 is 15.9 Å². The van der Waals surface area contributed by atoms with E-state index in [0.29, 0.717) is 17.3 Å². The van der Waals surface area contributed by atoms with E-state index in [1.807, 2.05) is 24.3 Å². The normalized spacial score (nSPS) is 10.9. The Morgan fingerprint density at radius 2 is 1.73 bits per heavy atom. The number of pyridine rings is 1. The van der Waals surface area contributed by atoms with Gasteiger partial charge in [-0.25, -0.2) is 9.78 Å². The molecular weight excluding hydrogens is 348 g/mol. The van der Waals surface area contributed by atoms with E-state index in [4.69, 9.17) is 9.47 Å². The number of benzene rings is 1. The molecule has 1 heterocycles. The maximum atomic E-state index is 11.6. The number of halogens is 1. The molecule has 0 saturated heterocycles. The first-order valence-corrected chi connectivity index (χ1v) is 7.51. The van der Waals surface area contributed by atoms with Gasteiger partial charge in [0.25, 0.3) is 0 Å². The summed E-state index contributed by atoms with van der Waals surface area (Å²) in [5.74, 6) is 1.69. The van der Waals surface area contributed by atoms with Crippen LogP contribution < -0.4 is 10.1 Å². The van der Waals surface area contributed by atoms with E-state index in [1.54, 1.807) is 32.9 Å². The highest BCUT2D eigenvalue weighted by Crippen LogP contribution is 2.23. The standard InChI is InChI=1S/C16H17BrN2O3/c1-16(2,3)22-15(20)19-14-9-8-13(10-18-14)21-12-6-4-11(17)5-7-12/h4-10H,1-3H3,(H,18,19,20). The molecule has 1 N–H and O–H groups in total. The molecule has 0 aliphatic rings. The maximum absolute atomic E-state index is 11.6. The Morgan fingerprint density at radius 3 is 2.27 bits per heavy atom. The van der Waals surface area contributed by atoms with Crippen molar-refractivity contribution in [2.24, 2.45) is 0 Å². The molecule has 0 aliphatic carbocycles. The topological polar surface area (TPSA) is 60.5 Å². The summed E-state index contributed by atoms with van der Waals surface area (Å²) >= 11 is 3.36. The predicted octanol–water partition coefficient (Wildman–Crippen LogP) is 4.98. The zero-order valence-electron chi connectivity index (χ0n) is 12.6. The van der Waals surface area contributed by atoms with Gasteiger partial charge in [-0.2, -0.15) is 0 Å². The third kappa shape index (κ3) is 5.37. The lowest BCUT2D eigenvalue weighted by atomic mass is 10.2. The van der Waals surface area contributed by atoms with E-state index in [0.717, 1.165) is 4.47 Å². The van der Waals surface area contributed by atoms with E-state index in [-0.39, 0.29) is 0 Å². The predicted molar refractivity (Wildman–Crippen MR) is 88.3 cm³/mol. The molecule has 0 bridgehead atoms. The summed E-state index contributed by atoms with van der Waals surface area (Å²) in [6, 6.07) is 10.8. The van der Waals surface area contributed by atoms with Crippen LogP contribution in [0.1, 0.15) is 20.8 Å². The van der Waals surface area contributed by atoms with Gasteiger partial charge in [-0.1, -0.05) is 15.9 Å². The number of rotatable bonds is 3. The smallest absolute Gasteiger partial charge is 0.413 e. The minimum Gasteiger partial charge on any atom is -0.456 e. The Balaban J connectivity index is 1.95. The van der Waals surface area contributed by atoms with Gasteiger partial charge in [0.15, 0.2) is 0 Å². The number of hydrogen-bond donors (Lipinski definition) is 1. The van der Waals surface area contributed by atoms with Crippen LogP contribution in [0.3, 0.4) is 0 Å². The molecule has 0 spiro atoms. The first-order chi connectivity index (χ1) is 10.3. The van der Waals surface area contributed by atoms with E-state index < -0.39 is 11.7 Å². The highest BCUT2D eigenvalue weighted by molar-refractivity contribution is 9.10. The Hall–Kier alpha value is -2.08. The van der Waals surface area contributed by atoms with Crippen molar-refractivity contribution in [1.82, 2.24) is 4.98 Å². The second-order valence-electron chi connectivity index (χ2n) is 5.56. The number of carbonyl (C=O) groups excluding carboxylic acids is 1. The van der Waals surface area contributed by atoms with Crippen LogP contribution in [-0.4, -0.2) is 16.7 Å². The highest BCUT2D eigenvalue weighted by Gasteiger charge is 2.16. The maximum Gasteiger partial charge on any atom is 0.413 e. The van der Waals surface area contributed by atoms with Gasteiger partial charge < -0.3 is 9.47 Å². The van der Waals surface area contributed by atoms with Crippen LogP contribution in [0, 0.1) is 0 Å². The number of nitrogens with zero attached hydrogens (tertiary/aromatic N) is 1. The van der Waals surface area contributed by atoms with Crippen LogP contribution in [0.2, 0.25) is 0 Å². The Bertz CT molecular complexity index is 634. The minimum atomic E-state index is -0.547. The zero-order chi connectivity index (χ0) is 16.2. The fourth-order valence-corrected chi connectivity index (χ4v) is 1.83. The third-order valence-corrected chi connectivity index (χ3v) is 2.94. The summed E-state index contributed by atoms with van der Waals surface area (Å²) < 4.78 is 11.8. The molecule has 0 saturated carbocycles. The lowest BCUT2D eigenvalue weighted by molar-refractivity contribution is 0.0635. The van der Waals surface area contributed by atoms with Crippen molar-refractivity contribution < 1.29 is 14.3 Å². The van der Waals surface area contributed by atoms with Crippen LogP contribution in [0.4, 0.5) is 10.6 Å². The fourth-order valence-electron chi connectivity index (χ4n) is 1.56. The third-order valence-electron chi connectivity index (χ3n) is 2.41. The molecule has 116 valence electrons. The number of anilines is 1. The SMILES string of the molecule is CC(C)(C)OC(=O)Nc1ccc(Oc2ccc(Br)cc2)cn1. The van der Waals surface area contributed by atoms with Crippen molar-refractivity contribution in [3.05, 3.63) is 47.1 Å². The largest absolute Gasteiger partial charge is 0.456 e.